The topological polar surface area (TPSA) is 94.4 Å². The van der Waals surface area contributed by atoms with Crippen LogP contribution in [0.3, 0.4) is 0 Å². The molecule has 124 valence electrons. The highest BCUT2D eigenvalue weighted by molar-refractivity contribution is 5.91. The first kappa shape index (κ1) is 16.1. The van der Waals surface area contributed by atoms with E-state index in [4.69, 9.17) is 4.74 Å². The zero-order chi connectivity index (χ0) is 17.6. The lowest BCUT2D eigenvalue weighted by atomic mass is 10.2. The van der Waals surface area contributed by atoms with Gasteiger partial charge in [0.15, 0.2) is 0 Å². The van der Waals surface area contributed by atoms with Crippen LogP contribution in [0, 0.1) is 10.1 Å². The Morgan fingerprint density at radius 1 is 1.04 bits per heavy atom. The summed E-state index contributed by atoms with van der Waals surface area (Å²) in [6.07, 6.45) is 1.45. The number of nitro groups is 1. The van der Waals surface area contributed by atoms with Crippen LogP contribution in [0.5, 0.6) is 5.75 Å². The number of nitrogens with zero attached hydrogens (tertiary/aromatic N) is 2. The number of hydrogen-bond donors (Lipinski definition) is 1. The second-order valence-corrected chi connectivity index (χ2v) is 5.04. The van der Waals surface area contributed by atoms with Crippen molar-refractivity contribution in [1.29, 1.82) is 0 Å². The molecule has 7 nitrogen and oxygen atoms in total. The zero-order valence-corrected chi connectivity index (χ0v) is 13.0. The molecule has 1 aromatic heterocycles. The second kappa shape index (κ2) is 7.22. The highest BCUT2D eigenvalue weighted by Gasteiger charge is 2.14. The predicted molar refractivity (Wildman–Crippen MR) is 92.0 cm³/mol. The summed E-state index contributed by atoms with van der Waals surface area (Å²) in [5, 5.41) is 13.9. The largest absolute Gasteiger partial charge is 0.423 e. The van der Waals surface area contributed by atoms with Crippen molar-refractivity contribution in [3.63, 3.8) is 0 Å². The van der Waals surface area contributed by atoms with Crippen LogP contribution in [0.1, 0.15) is 10.4 Å². The Labute approximate surface area is 143 Å². The second-order valence-electron chi connectivity index (χ2n) is 5.04. The first-order valence-corrected chi connectivity index (χ1v) is 7.37. The summed E-state index contributed by atoms with van der Waals surface area (Å²) in [6.45, 7) is 0. The Balaban J connectivity index is 1.78. The number of pyridine rings is 1. The minimum absolute atomic E-state index is 0.110. The SMILES string of the molecule is O=C(Oc1cccc(Nc2ncccc2[N+](=O)[O-])c1)c1ccccc1. The number of esters is 1. The molecule has 0 unspecified atom stereocenters. The summed E-state index contributed by atoms with van der Waals surface area (Å²) in [5.74, 6) is -0.0574. The molecule has 0 radical (unpaired) electrons. The molecule has 0 aliphatic rings. The van der Waals surface area contributed by atoms with Gasteiger partial charge in [-0.1, -0.05) is 24.3 Å². The van der Waals surface area contributed by atoms with E-state index in [1.807, 2.05) is 0 Å². The van der Waals surface area contributed by atoms with Gasteiger partial charge >= 0.3 is 11.7 Å². The number of hydrogen-bond acceptors (Lipinski definition) is 6. The number of carbonyl (C=O) groups excluding carboxylic acids is 1. The first-order chi connectivity index (χ1) is 12.1. The van der Waals surface area contributed by atoms with Crippen molar-refractivity contribution >= 4 is 23.2 Å². The lowest BCUT2D eigenvalue weighted by Gasteiger charge is -2.08. The number of aromatic nitrogens is 1. The van der Waals surface area contributed by atoms with Gasteiger partial charge in [-0.05, 0) is 30.3 Å². The van der Waals surface area contributed by atoms with Gasteiger partial charge in [0.05, 0.1) is 10.5 Å². The fraction of sp³-hybridized carbons (Fsp3) is 0. The van der Waals surface area contributed by atoms with E-state index in [-0.39, 0.29) is 11.5 Å². The molecule has 0 aliphatic heterocycles. The molecule has 1 N–H and O–H groups in total. The molecule has 0 fully saturated rings. The molecule has 0 atom stereocenters. The molecular weight excluding hydrogens is 322 g/mol. The van der Waals surface area contributed by atoms with E-state index < -0.39 is 10.9 Å². The quantitative estimate of drug-likeness (QED) is 0.328. The van der Waals surface area contributed by atoms with E-state index in [1.54, 1.807) is 54.6 Å². The molecule has 0 amide bonds. The van der Waals surface area contributed by atoms with Gasteiger partial charge < -0.3 is 10.1 Å². The lowest BCUT2D eigenvalue weighted by molar-refractivity contribution is -0.384. The standard InChI is InChI=1S/C18H13N3O4/c22-18(13-6-2-1-3-7-13)25-15-9-4-8-14(12-15)20-17-16(21(23)24)10-5-11-19-17/h1-12H,(H,19,20). The minimum Gasteiger partial charge on any atom is -0.423 e. The average Bonchev–Trinajstić information content (AvgIpc) is 2.63. The third-order valence-electron chi connectivity index (χ3n) is 3.30. The maximum absolute atomic E-state index is 12.1. The van der Waals surface area contributed by atoms with Gasteiger partial charge in [0.25, 0.3) is 0 Å². The van der Waals surface area contributed by atoms with Gasteiger partial charge in [-0.15, -0.1) is 0 Å². The van der Waals surface area contributed by atoms with Crippen LogP contribution in [-0.2, 0) is 0 Å². The van der Waals surface area contributed by atoms with Crippen LogP contribution in [0.2, 0.25) is 0 Å². The van der Waals surface area contributed by atoms with Crippen LogP contribution >= 0.6 is 0 Å². The lowest BCUT2D eigenvalue weighted by Crippen LogP contribution is -2.08. The van der Waals surface area contributed by atoms with E-state index >= 15 is 0 Å². The number of rotatable bonds is 5. The fourth-order valence-corrected chi connectivity index (χ4v) is 2.15. The van der Waals surface area contributed by atoms with Crippen molar-refractivity contribution in [2.24, 2.45) is 0 Å². The number of benzene rings is 2. The summed E-state index contributed by atoms with van der Waals surface area (Å²) < 4.78 is 5.32. The summed E-state index contributed by atoms with van der Waals surface area (Å²) in [7, 11) is 0. The van der Waals surface area contributed by atoms with Crippen LogP contribution in [0.15, 0.2) is 72.9 Å². The molecule has 3 rings (SSSR count). The maximum Gasteiger partial charge on any atom is 0.343 e. The molecule has 0 spiro atoms. The summed E-state index contributed by atoms with van der Waals surface area (Å²) in [5.41, 5.74) is 0.801. The monoisotopic (exact) mass is 335 g/mol. The summed E-state index contributed by atoms with van der Waals surface area (Å²) in [4.78, 5) is 26.6. The number of nitrogens with one attached hydrogen (secondary N) is 1. The fourth-order valence-electron chi connectivity index (χ4n) is 2.15. The Morgan fingerprint density at radius 2 is 1.84 bits per heavy atom. The van der Waals surface area contributed by atoms with Gasteiger partial charge in [-0.25, -0.2) is 9.78 Å². The Bertz CT molecular complexity index is 913. The van der Waals surface area contributed by atoms with Gasteiger partial charge in [0.2, 0.25) is 5.82 Å². The normalized spacial score (nSPS) is 10.1. The van der Waals surface area contributed by atoms with E-state index in [9.17, 15) is 14.9 Å². The third-order valence-corrected chi connectivity index (χ3v) is 3.30. The van der Waals surface area contributed by atoms with Crippen molar-refractivity contribution < 1.29 is 14.5 Å². The highest BCUT2D eigenvalue weighted by Crippen LogP contribution is 2.26. The van der Waals surface area contributed by atoms with Crippen LogP contribution in [-0.4, -0.2) is 15.9 Å². The molecule has 0 saturated heterocycles. The number of anilines is 2. The zero-order valence-electron chi connectivity index (χ0n) is 13.0. The highest BCUT2D eigenvalue weighted by atomic mass is 16.6. The smallest absolute Gasteiger partial charge is 0.343 e. The van der Waals surface area contributed by atoms with Gasteiger partial charge in [-0.2, -0.15) is 0 Å². The van der Waals surface area contributed by atoms with Gasteiger partial charge in [0, 0.05) is 24.0 Å². The molecule has 0 bridgehead atoms. The predicted octanol–water partition coefficient (Wildman–Crippen LogP) is 3.95. The van der Waals surface area contributed by atoms with Crippen molar-refractivity contribution in [3.8, 4) is 5.75 Å². The first-order valence-electron chi connectivity index (χ1n) is 7.37. The molecule has 0 saturated carbocycles. The number of ether oxygens (including phenoxy) is 1. The Morgan fingerprint density at radius 3 is 2.60 bits per heavy atom. The minimum atomic E-state index is -0.519. The van der Waals surface area contributed by atoms with E-state index in [2.05, 4.69) is 10.3 Å². The number of carbonyl (C=O) groups is 1. The van der Waals surface area contributed by atoms with Crippen LogP contribution < -0.4 is 10.1 Å². The molecule has 25 heavy (non-hydrogen) atoms. The van der Waals surface area contributed by atoms with Crippen molar-refractivity contribution in [2.45, 2.75) is 0 Å². The van der Waals surface area contributed by atoms with Gasteiger partial charge in [-0.3, -0.25) is 10.1 Å². The molecule has 0 aliphatic carbocycles. The molecule has 7 heteroatoms. The summed E-state index contributed by atoms with van der Waals surface area (Å²) >= 11 is 0. The Hall–Kier alpha value is -3.74. The van der Waals surface area contributed by atoms with E-state index in [0.29, 0.717) is 17.0 Å². The Kier molecular flexibility index (Phi) is 4.66. The van der Waals surface area contributed by atoms with Crippen molar-refractivity contribution in [2.75, 3.05) is 5.32 Å². The third kappa shape index (κ3) is 3.97. The average molecular weight is 335 g/mol. The van der Waals surface area contributed by atoms with Crippen LogP contribution in [0.4, 0.5) is 17.2 Å². The van der Waals surface area contributed by atoms with E-state index in [1.165, 1.54) is 18.3 Å². The maximum atomic E-state index is 12.1. The van der Waals surface area contributed by atoms with Crippen LogP contribution in [0.25, 0.3) is 0 Å². The van der Waals surface area contributed by atoms with E-state index in [0.717, 1.165) is 0 Å². The van der Waals surface area contributed by atoms with Gasteiger partial charge in [0.1, 0.15) is 5.75 Å². The van der Waals surface area contributed by atoms with Crippen molar-refractivity contribution in [1.82, 2.24) is 4.98 Å². The molecule has 1 heterocycles. The molecule has 3 aromatic rings. The van der Waals surface area contributed by atoms with Crippen molar-refractivity contribution in [3.05, 3.63) is 88.6 Å². The molecule has 2 aromatic carbocycles. The molecular formula is C18H13N3O4. The summed E-state index contributed by atoms with van der Waals surface area (Å²) in [6, 6.07) is 18.0.